The Hall–Kier alpha value is -2.80. The molecule has 3 rings (SSSR count). The van der Waals surface area contributed by atoms with Crippen molar-refractivity contribution in [1.82, 2.24) is 4.90 Å². The van der Waals surface area contributed by atoms with E-state index in [9.17, 15) is 34.5 Å². The van der Waals surface area contributed by atoms with Crippen LogP contribution in [0.3, 0.4) is 0 Å². The normalized spacial score (nSPS) is 41.1. The molecule has 16 atom stereocenters. The first kappa shape index (κ1) is 48.6. The number of hydrogen-bond donors (Lipinski definition) is 3. The van der Waals surface area contributed by atoms with Gasteiger partial charge in [0.05, 0.1) is 36.9 Å². The third-order valence-electron chi connectivity index (χ3n) is 10.9. The summed E-state index contributed by atoms with van der Waals surface area (Å²) in [5.41, 5.74) is -1.49. The van der Waals surface area contributed by atoms with Gasteiger partial charge in [0, 0.05) is 39.2 Å². The molecule has 16 heteroatoms. The third-order valence-corrected chi connectivity index (χ3v) is 10.9. The SMILES string of the molecule is CCC(=O)O[C@H]1CC(=O)O[C@@H](C)C/C=C/C=C/[C@@H](O)[C@@H](C)C[C@@H](CC=O)[C@@H](O[C@H]2O[C@H](C)[C@H](O[C@H]3C[C@](C)(O)[C@H](OC(=O)CC)[C@H](C)O3)[C@@H](N(C)C)[C@@H]2O)[C@@H]1OC. The maximum Gasteiger partial charge on any atom is 0.309 e. The summed E-state index contributed by atoms with van der Waals surface area (Å²) in [6.07, 6.45) is -4.08. The lowest BCUT2D eigenvalue weighted by Crippen LogP contribution is -2.66. The van der Waals surface area contributed by atoms with E-state index < -0.39 is 121 Å². The number of ether oxygens (including phenoxy) is 8. The molecule has 0 aromatic carbocycles. The Morgan fingerprint density at radius 2 is 1.63 bits per heavy atom. The number of hydrogen-bond acceptors (Lipinski definition) is 16. The highest BCUT2D eigenvalue weighted by Crippen LogP contribution is 2.37. The Morgan fingerprint density at radius 3 is 2.23 bits per heavy atom. The van der Waals surface area contributed by atoms with E-state index in [2.05, 4.69) is 0 Å². The molecule has 16 nitrogen and oxygen atoms in total. The van der Waals surface area contributed by atoms with Crippen molar-refractivity contribution in [3.05, 3.63) is 24.3 Å². The van der Waals surface area contributed by atoms with Crippen molar-refractivity contribution in [2.24, 2.45) is 11.8 Å². The first-order valence-electron chi connectivity index (χ1n) is 20.1. The van der Waals surface area contributed by atoms with Gasteiger partial charge in [-0.1, -0.05) is 45.1 Å². The molecule has 0 radical (unpaired) electrons. The zero-order valence-electron chi connectivity index (χ0n) is 35.2. The van der Waals surface area contributed by atoms with Crippen LogP contribution in [0.4, 0.5) is 0 Å². The van der Waals surface area contributed by atoms with Gasteiger partial charge in [-0.25, -0.2) is 0 Å². The van der Waals surface area contributed by atoms with Gasteiger partial charge in [-0.05, 0) is 60.0 Å². The Labute approximate surface area is 337 Å². The van der Waals surface area contributed by atoms with E-state index in [1.165, 1.54) is 7.11 Å². The van der Waals surface area contributed by atoms with Gasteiger partial charge in [-0.3, -0.25) is 14.4 Å². The van der Waals surface area contributed by atoms with Crippen molar-refractivity contribution >= 4 is 24.2 Å². The van der Waals surface area contributed by atoms with E-state index in [0.29, 0.717) is 12.7 Å². The topological polar surface area (TPSA) is 206 Å². The number of likely N-dealkylation sites (N-methyl/N-ethyl adjacent to an activating group) is 1. The molecule has 0 unspecified atom stereocenters. The van der Waals surface area contributed by atoms with Crippen LogP contribution >= 0.6 is 0 Å². The minimum Gasteiger partial charge on any atom is -0.462 e. The molecule has 0 aromatic rings. The molecule has 2 fully saturated rings. The molecule has 0 aromatic heterocycles. The van der Waals surface area contributed by atoms with Crippen LogP contribution < -0.4 is 0 Å². The summed E-state index contributed by atoms with van der Waals surface area (Å²) >= 11 is 0. The molecule has 3 aliphatic rings. The quantitative estimate of drug-likeness (QED) is 0.147. The number of nitrogens with zero attached hydrogens (tertiary/aromatic N) is 1. The number of cyclic esters (lactones) is 1. The number of carbonyl (C=O) groups is 4. The van der Waals surface area contributed by atoms with Gasteiger partial charge in [0.2, 0.25) is 0 Å². The van der Waals surface area contributed by atoms with Crippen molar-refractivity contribution in [1.29, 1.82) is 0 Å². The highest BCUT2D eigenvalue weighted by Gasteiger charge is 2.53. The van der Waals surface area contributed by atoms with Crippen molar-refractivity contribution in [2.75, 3.05) is 21.2 Å². The van der Waals surface area contributed by atoms with Crippen molar-refractivity contribution in [3.63, 3.8) is 0 Å². The number of aldehydes is 1. The van der Waals surface area contributed by atoms with E-state index in [-0.39, 0.29) is 32.1 Å². The number of aliphatic hydroxyl groups excluding tert-OH is 2. The second-order valence-electron chi connectivity index (χ2n) is 16.0. The molecular weight excluding hydrogens is 746 g/mol. The van der Waals surface area contributed by atoms with E-state index in [1.807, 2.05) is 13.0 Å². The lowest BCUT2D eigenvalue weighted by atomic mass is 9.82. The van der Waals surface area contributed by atoms with Crippen LogP contribution in [0, 0.1) is 11.8 Å². The molecule has 0 bridgehead atoms. The van der Waals surface area contributed by atoms with Crippen molar-refractivity contribution in [3.8, 4) is 0 Å². The number of esters is 3. The summed E-state index contributed by atoms with van der Waals surface area (Å²) in [5, 5.41) is 34.5. The van der Waals surface area contributed by atoms with Crippen LogP contribution in [-0.4, -0.2) is 151 Å². The molecule has 0 saturated carbocycles. The van der Waals surface area contributed by atoms with Gasteiger partial charge in [-0.15, -0.1) is 0 Å². The first-order valence-corrected chi connectivity index (χ1v) is 20.1. The monoisotopic (exact) mass is 813 g/mol. The number of aliphatic hydroxyl groups is 3. The van der Waals surface area contributed by atoms with Crippen LogP contribution in [0.2, 0.25) is 0 Å². The zero-order valence-corrected chi connectivity index (χ0v) is 35.2. The highest BCUT2D eigenvalue weighted by atomic mass is 16.7. The largest absolute Gasteiger partial charge is 0.462 e. The summed E-state index contributed by atoms with van der Waals surface area (Å²) < 4.78 is 48.5. The van der Waals surface area contributed by atoms with Crippen molar-refractivity contribution < 1.29 is 72.4 Å². The average Bonchev–Trinajstić information content (AvgIpc) is 3.13. The second-order valence-corrected chi connectivity index (χ2v) is 16.0. The summed E-state index contributed by atoms with van der Waals surface area (Å²) in [5.74, 6) is -2.82. The minimum absolute atomic E-state index is 0.000633. The summed E-state index contributed by atoms with van der Waals surface area (Å²) in [4.78, 5) is 52.3. The third kappa shape index (κ3) is 13.6. The molecular formula is C41H67NO15. The Kier molecular flexibility index (Phi) is 19.2. The van der Waals surface area contributed by atoms with Crippen LogP contribution in [0.25, 0.3) is 0 Å². The first-order chi connectivity index (χ1) is 26.9. The Balaban J connectivity index is 2.01. The van der Waals surface area contributed by atoms with Crippen LogP contribution in [0.15, 0.2) is 24.3 Å². The number of rotatable bonds is 12. The van der Waals surface area contributed by atoms with Crippen LogP contribution in [0.5, 0.6) is 0 Å². The van der Waals surface area contributed by atoms with Crippen molar-refractivity contribution in [2.45, 2.75) is 179 Å². The smallest absolute Gasteiger partial charge is 0.309 e. The van der Waals surface area contributed by atoms with Gasteiger partial charge in [0.25, 0.3) is 0 Å². The van der Waals surface area contributed by atoms with E-state index in [4.69, 9.17) is 37.9 Å². The van der Waals surface area contributed by atoms with Gasteiger partial charge < -0.3 is 62.9 Å². The molecule has 0 aliphatic carbocycles. The molecule has 2 saturated heterocycles. The molecule has 57 heavy (non-hydrogen) atoms. The fourth-order valence-corrected chi connectivity index (χ4v) is 7.82. The molecule has 0 amide bonds. The Morgan fingerprint density at radius 1 is 0.965 bits per heavy atom. The minimum atomic E-state index is -1.49. The maximum atomic E-state index is 13.3. The van der Waals surface area contributed by atoms with Gasteiger partial charge >= 0.3 is 17.9 Å². The summed E-state index contributed by atoms with van der Waals surface area (Å²) in [6.45, 7) is 11.8. The van der Waals surface area contributed by atoms with Gasteiger partial charge in [0.15, 0.2) is 18.7 Å². The average molecular weight is 814 g/mol. The van der Waals surface area contributed by atoms with E-state index in [0.717, 1.165) is 0 Å². The fraction of sp³-hybridized carbons (Fsp3) is 0.805. The number of carbonyl (C=O) groups excluding carboxylic acids is 4. The summed E-state index contributed by atoms with van der Waals surface area (Å²) in [7, 11) is 4.86. The molecule has 3 heterocycles. The lowest BCUT2D eigenvalue weighted by Gasteiger charge is -2.50. The molecule has 3 N–H and O–H groups in total. The lowest BCUT2D eigenvalue weighted by molar-refractivity contribution is -0.344. The Bertz CT molecular complexity index is 1350. The predicted octanol–water partition coefficient (Wildman–Crippen LogP) is 2.77. The standard InChI is InChI=1S/C41H67NO15/c1-11-30(45)54-29-21-32(47)51-24(4)16-14-13-15-17-28(44)23(3)20-27(18-19-43)37(38(29)50-10)57-40-35(48)34(42(8)9)36(25(5)53-40)56-33-22-41(7,49)39(26(6)52-33)55-31(46)12-2/h13-15,17,19,23-29,33-40,44,48-49H,11-12,16,18,20-22H2,1-10H3/b14-13+,17-15+/t23-,24-,25+,26-,27+,28+,29-,33-,34-,35-,36-,37+,38+,39+,40+,41-/m0/s1. The molecule has 0 spiro atoms. The fourth-order valence-electron chi connectivity index (χ4n) is 7.82. The molecule has 326 valence electrons. The number of methoxy groups -OCH3 is 1. The van der Waals surface area contributed by atoms with Gasteiger partial charge in [-0.2, -0.15) is 0 Å². The number of allylic oxidation sites excluding steroid dienone is 2. The van der Waals surface area contributed by atoms with Gasteiger partial charge in [0.1, 0.15) is 42.4 Å². The van der Waals surface area contributed by atoms with E-state index >= 15 is 0 Å². The maximum absolute atomic E-state index is 13.3. The van der Waals surface area contributed by atoms with Crippen LogP contribution in [0.1, 0.15) is 93.4 Å². The summed E-state index contributed by atoms with van der Waals surface area (Å²) in [6, 6.07) is -0.779. The zero-order chi connectivity index (χ0) is 42.6. The molecule has 3 aliphatic heterocycles. The van der Waals surface area contributed by atoms with E-state index in [1.54, 1.807) is 78.8 Å². The highest BCUT2D eigenvalue weighted by molar-refractivity contribution is 5.72. The predicted molar refractivity (Wildman–Crippen MR) is 205 cm³/mol. The van der Waals surface area contributed by atoms with Crippen LogP contribution in [-0.2, 0) is 57.1 Å². The second kappa shape index (κ2) is 22.5.